The number of rotatable bonds is 7. The van der Waals surface area contributed by atoms with E-state index >= 15 is 0 Å². The minimum atomic E-state index is -1.13. The number of aryl methyl sites for hydroxylation is 1. The van der Waals surface area contributed by atoms with E-state index in [2.05, 4.69) is 22.4 Å². The molecule has 158 valence electrons. The Hall–Kier alpha value is -3.38. The van der Waals surface area contributed by atoms with Gasteiger partial charge in [0, 0.05) is 23.3 Å². The first-order chi connectivity index (χ1) is 15.0. The van der Waals surface area contributed by atoms with E-state index in [0.29, 0.717) is 11.4 Å². The zero-order valence-corrected chi connectivity index (χ0v) is 17.4. The summed E-state index contributed by atoms with van der Waals surface area (Å²) < 4.78 is 5.44. The number of hydrogen-bond acceptors (Lipinski definition) is 4. The highest BCUT2D eigenvalue weighted by Crippen LogP contribution is 2.44. The Bertz CT molecular complexity index is 1070. The van der Waals surface area contributed by atoms with Crippen molar-refractivity contribution in [1.29, 1.82) is 0 Å². The van der Waals surface area contributed by atoms with Crippen LogP contribution in [0.1, 0.15) is 29.0 Å². The number of carboxylic acids is 1. The van der Waals surface area contributed by atoms with Gasteiger partial charge in [0.15, 0.2) is 0 Å². The number of aromatic nitrogens is 1. The standard InChI is InChI=1S/C24H21ClN2O4/c25-21-11-12-26-13-15(21)9-10-22(23(28)29)27-24(30)31-14-20-18-7-3-1-5-16(18)17-6-2-4-8-19(17)20/h1-8,11-13,20,22H,9-10,14H2,(H,27,30)(H,28,29). The van der Waals surface area contributed by atoms with Crippen LogP contribution in [0.3, 0.4) is 0 Å². The van der Waals surface area contributed by atoms with E-state index in [1.165, 1.54) is 0 Å². The van der Waals surface area contributed by atoms with Crippen molar-refractivity contribution in [3.63, 3.8) is 0 Å². The second-order valence-corrected chi connectivity index (χ2v) is 7.77. The molecule has 1 aliphatic carbocycles. The molecule has 1 aliphatic rings. The molecule has 0 saturated carbocycles. The van der Waals surface area contributed by atoms with E-state index in [1.54, 1.807) is 18.5 Å². The minimum absolute atomic E-state index is 0.0874. The fraction of sp³-hybridized carbons (Fsp3) is 0.208. The van der Waals surface area contributed by atoms with Crippen molar-refractivity contribution in [1.82, 2.24) is 10.3 Å². The number of benzene rings is 2. The zero-order chi connectivity index (χ0) is 21.8. The summed E-state index contributed by atoms with van der Waals surface area (Å²) in [6.07, 6.45) is 2.94. The number of carbonyl (C=O) groups is 2. The second-order valence-electron chi connectivity index (χ2n) is 7.37. The monoisotopic (exact) mass is 436 g/mol. The molecule has 0 spiro atoms. The van der Waals surface area contributed by atoms with Crippen molar-refractivity contribution < 1.29 is 19.4 Å². The number of nitrogens with one attached hydrogen (secondary N) is 1. The molecule has 3 aromatic rings. The maximum absolute atomic E-state index is 12.4. The molecule has 0 fully saturated rings. The number of amides is 1. The maximum Gasteiger partial charge on any atom is 0.407 e. The third-order valence-corrected chi connectivity index (χ3v) is 5.85. The van der Waals surface area contributed by atoms with Crippen molar-refractivity contribution in [3.8, 4) is 11.1 Å². The van der Waals surface area contributed by atoms with E-state index < -0.39 is 18.1 Å². The first kappa shape index (κ1) is 20.9. The van der Waals surface area contributed by atoms with Gasteiger partial charge < -0.3 is 15.2 Å². The highest BCUT2D eigenvalue weighted by molar-refractivity contribution is 6.31. The van der Waals surface area contributed by atoms with Crippen molar-refractivity contribution >= 4 is 23.7 Å². The first-order valence-corrected chi connectivity index (χ1v) is 10.3. The number of halogens is 1. The maximum atomic E-state index is 12.4. The van der Waals surface area contributed by atoms with Crippen molar-refractivity contribution in [2.24, 2.45) is 0 Å². The van der Waals surface area contributed by atoms with Gasteiger partial charge in [-0.2, -0.15) is 0 Å². The number of alkyl carbamates (subject to hydrolysis) is 1. The summed E-state index contributed by atoms with van der Waals surface area (Å²) in [6.45, 7) is 0.126. The van der Waals surface area contributed by atoms with Gasteiger partial charge in [0.2, 0.25) is 0 Å². The smallest absolute Gasteiger partial charge is 0.407 e. The summed E-state index contributed by atoms with van der Waals surface area (Å²) in [7, 11) is 0. The topological polar surface area (TPSA) is 88.5 Å². The van der Waals surface area contributed by atoms with Crippen LogP contribution in [0.4, 0.5) is 4.79 Å². The molecule has 1 aromatic heterocycles. The van der Waals surface area contributed by atoms with Gasteiger partial charge in [-0.05, 0) is 46.7 Å². The number of nitrogens with zero attached hydrogens (tertiary/aromatic N) is 1. The lowest BCUT2D eigenvalue weighted by molar-refractivity contribution is -0.139. The predicted molar refractivity (Wildman–Crippen MR) is 117 cm³/mol. The third kappa shape index (κ3) is 4.54. The van der Waals surface area contributed by atoms with Crippen LogP contribution >= 0.6 is 11.6 Å². The lowest BCUT2D eigenvalue weighted by Gasteiger charge is -2.17. The number of carboxylic acid groups (broad SMARTS) is 1. The number of pyridine rings is 1. The molecule has 0 radical (unpaired) electrons. The molecule has 31 heavy (non-hydrogen) atoms. The molecular formula is C24H21ClN2O4. The van der Waals surface area contributed by atoms with Crippen molar-refractivity contribution in [3.05, 3.63) is 88.7 Å². The van der Waals surface area contributed by atoms with Crippen LogP contribution in [0.2, 0.25) is 5.02 Å². The predicted octanol–water partition coefficient (Wildman–Crippen LogP) is 4.66. The number of aliphatic carboxylic acids is 1. The Morgan fingerprint density at radius 3 is 2.32 bits per heavy atom. The molecule has 1 atom stereocenters. The number of hydrogen-bond donors (Lipinski definition) is 2. The molecule has 0 saturated heterocycles. The van der Waals surface area contributed by atoms with Gasteiger partial charge >= 0.3 is 12.1 Å². The summed E-state index contributed by atoms with van der Waals surface area (Å²) in [4.78, 5) is 28.0. The number of fused-ring (bicyclic) bond motifs is 3. The van der Waals surface area contributed by atoms with Gasteiger partial charge in [0.1, 0.15) is 12.6 Å². The fourth-order valence-electron chi connectivity index (χ4n) is 3.93. The van der Waals surface area contributed by atoms with Crippen LogP contribution in [0.15, 0.2) is 67.0 Å². The highest BCUT2D eigenvalue weighted by Gasteiger charge is 2.29. The average molecular weight is 437 g/mol. The third-order valence-electron chi connectivity index (χ3n) is 5.48. The molecule has 4 rings (SSSR count). The molecule has 2 N–H and O–H groups in total. The van der Waals surface area contributed by atoms with Gasteiger partial charge in [-0.1, -0.05) is 60.1 Å². The summed E-state index contributed by atoms with van der Waals surface area (Å²) in [5.74, 6) is -1.22. The molecule has 0 aliphatic heterocycles. The van der Waals surface area contributed by atoms with E-state index in [9.17, 15) is 14.7 Å². The second kappa shape index (κ2) is 9.18. The van der Waals surface area contributed by atoms with E-state index in [0.717, 1.165) is 27.8 Å². The van der Waals surface area contributed by atoms with Crippen LogP contribution in [-0.4, -0.2) is 34.8 Å². The van der Waals surface area contributed by atoms with Crippen LogP contribution < -0.4 is 5.32 Å². The molecule has 0 bridgehead atoms. The van der Waals surface area contributed by atoms with Crippen molar-refractivity contribution in [2.75, 3.05) is 6.61 Å². The Labute approximate surface area is 184 Å². The summed E-state index contributed by atoms with van der Waals surface area (Å²) in [5, 5.41) is 12.5. The fourth-order valence-corrected chi connectivity index (χ4v) is 4.13. The normalized spacial score (nSPS) is 13.2. The molecule has 7 heteroatoms. The van der Waals surface area contributed by atoms with Gasteiger partial charge in [-0.3, -0.25) is 4.98 Å². The number of carbonyl (C=O) groups excluding carboxylic acids is 1. The molecule has 1 heterocycles. The first-order valence-electron chi connectivity index (χ1n) is 9.97. The van der Waals surface area contributed by atoms with E-state index in [1.807, 2.05) is 36.4 Å². The molecule has 2 aromatic carbocycles. The Morgan fingerprint density at radius 1 is 1.06 bits per heavy atom. The van der Waals surface area contributed by atoms with Crippen LogP contribution in [0, 0.1) is 0 Å². The molecule has 1 unspecified atom stereocenters. The molecule has 1 amide bonds. The van der Waals surface area contributed by atoms with Gasteiger partial charge in [0.05, 0.1) is 0 Å². The summed E-state index contributed by atoms with van der Waals surface area (Å²) in [5.41, 5.74) is 5.17. The number of ether oxygens (including phenoxy) is 1. The van der Waals surface area contributed by atoms with Crippen LogP contribution in [0.25, 0.3) is 11.1 Å². The quantitative estimate of drug-likeness (QED) is 0.562. The van der Waals surface area contributed by atoms with Crippen molar-refractivity contribution in [2.45, 2.75) is 24.8 Å². The summed E-state index contributed by atoms with van der Waals surface area (Å²) in [6, 6.07) is 16.6. The Kier molecular flexibility index (Phi) is 6.18. The average Bonchev–Trinajstić information content (AvgIpc) is 3.10. The zero-order valence-electron chi connectivity index (χ0n) is 16.6. The highest BCUT2D eigenvalue weighted by atomic mass is 35.5. The minimum Gasteiger partial charge on any atom is -0.480 e. The van der Waals surface area contributed by atoms with E-state index in [4.69, 9.17) is 16.3 Å². The van der Waals surface area contributed by atoms with E-state index in [-0.39, 0.29) is 18.9 Å². The van der Waals surface area contributed by atoms with Gasteiger partial charge in [-0.15, -0.1) is 0 Å². The molecule has 6 nitrogen and oxygen atoms in total. The largest absolute Gasteiger partial charge is 0.480 e. The van der Waals surface area contributed by atoms with Gasteiger partial charge in [0.25, 0.3) is 0 Å². The van der Waals surface area contributed by atoms with Crippen LogP contribution in [-0.2, 0) is 16.0 Å². The Morgan fingerprint density at radius 2 is 1.71 bits per heavy atom. The molecular weight excluding hydrogens is 416 g/mol. The van der Waals surface area contributed by atoms with Crippen LogP contribution in [0.5, 0.6) is 0 Å². The Balaban J connectivity index is 1.39. The summed E-state index contributed by atoms with van der Waals surface area (Å²) >= 11 is 6.10. The lowest BCUT2D eigenvalue weighted by Crippen LogP contribution is -2.41. The SMILES string of the molecule is O=C(NC(CCc1cnccc1Cl)C(=O)O)OCC1c2ccccc2-c2ccccc21. The lowest BCUT2D eigenvalue weighted by atomic mass is 9.98. The van der Waals surface area contributed by atoms with Gasteiger partial charge in [-0.25, -0.2) is 9.59 Å².